The van der Waals surface area contributed by atoms with E-state index in [2.05, 4.69) is 51.2 Å². The van der Waals surface area contributed by atoms with Crippen molar-refractivity contribution < 1.29 is 0 Å². The van der Waals surface area contributed by atoms with Crippen LogP contribution < -0.4 is 5.32 Å². The molecular weight excluding hydrogens is 230 g/mol. The fourth-order valence-electron chi connectivity index (χ4n) is 3.14. The molecule has 3 atom stereocenters. The monoisotopic (exact) mass is 259 g/mol. The van der Waals surface area contributed by atoms with E-state index in [0.29, 0.717) is 6.04 Å². The van der Waals surface area contributed by atoms with Crippen molar-refractivity contribution in [3.63, 3.8) is 0 Å². The van der Waals surface area contributed by atoms with Crippen molar-refractivity contribution in [2.75, 3.05) is 6.54 Å². The predicted octanol–water partition coefficient (Wildman–Crippen LogP) is 4.51. The lowest BCUT2D eigenvalue weighted by Gasteiger charge is -2.21. The molecule has 1 nitrogen and oxygen atoms in total. The average molecular weight is 259 g/mol. The van der Waals surface area contributed by atoms with Crippen molar-refractivity contribution in [2.24, 2.45) is 11.8 Å². The van der Waals surface area contributed by atoms with Gasteiger partial charge in [0.05, 0.1) is 0 Å². The summed E-state index contributed by atoms with van der Waals surface area (Å²) in [6.07, 6.45) is 4.90. The number of hydrogen-bond donors (Lipinski definition) is 1. The molecule has 0 amide bonds. The molecule has 1 N–H and O–H groups in total. The Hall–Kier alpha value is -0.820. The number of aryl methyl sites for hydroxylation is 2. The fourth-order valence-corrected chi connectivity index (χ4v) is 3.14. The second kappa shape index (κ2) is 6.56. The lowest BCUT2D eigenvalue weighted by Crippen LogP contribution is -2.24. The molecule has 2 rings (SSSR count). The zero-order chi connectivity index (χ0) is 13.8. The molecule has 1 saturated carbocycles. The second-order valence-electron chi connectivity index (χ2n) is 6.04. The lowest BCUT2D eigenvalue weighted by molar-refractivity contribution is 0.462. The Morgan fingerprint density at radius 1 is 1.16 bits per heavy atom. The van der Waals surface area contributed by atoms with Crippen LogP contribution in [0.1, 0.15) is 63.3 Å². The highest BCUT2D eigenvalue weighted by Gasteiger charge is 2.39. The molecule has 1 aliphatic carbocycles. The van der Waals surface area contributed by atoms with Gasteiger partial charge in [-0.25, -0.2) is 0 Å². The van der Waals surface area contributed by atoms with Crippen LogP contribution in [0.25, 0.3) is 0 Å². The van der Waals surface area contributed by atoms with Gasteiger partial charge in [0, 0.05) is 6.04 Å². The van der Waals surface area contributed by atoms with Gasteiger partial charge in [0.2, 0.25) is 0 Å². The first-order valence-corrected chi connectivity index (χ1v) is 8.06. The maximum absolute atomic E-state index is 3.77. The molecule has 1 aromatic carbocycles. The van der Waals surface area contributed by atoms with Gasteiger partial charge >= 0.3 is 0 Å². The number of hydrogen-bond acceptors (Lipinski definition) is 1. The minimum Gasteiger partial charge on any atom is -0.310 e. The molecule has 1 heteroatoms. The molecule has 1 fully saturated rings. The topological polar surface area (TPSA) is 12.0 Å². The Morgan fingerprint density at radius 3 is 2.37 bits per heavy atom. The van der Waals surface area contributed by atoms with Gasteiger partial charge in [0.15, 0.2) is 0 Å². The van der Waals surface area contributed by atoms with E-state index in [1.165, 1.54) is 29.5 Å². The minimum absolute atomic E-state index is 0.575. The SMILES string of the molecule is CCCNC(c1ccc(CC)c(CC)c1)C1CC1C. The Morgan fingerprint density at radius 2 is 1.84 bits per heavy atom. The van der Waals surface area contributed by atoms with E-state index in [1.807, 2.05) is 0 Å². The second-order valence-corrected chi connectivity index (χ2v) is 6.04. The number of nitrogens with one attached hydrogen (secondary N) is 1. The molecule has 0 aliphatic heterocycles. The van der Waals surface area contributed by atoms with E-state index in [1.54, 1.807) is 0 Å². The Labute approximate surface area is 118 Å². The van der Waals surface area contributed by atoms with Crippen LogP contribution >= 0.6 is 0 Å². The van der Waals surface area contributed by atoms with Crippen LogP contribution in [0, 0.1) is 11.8 Å². The molecule has 0 aromatic heterocycles. The summed E-state index contributed by atoms with van der Waals surface area (Å²) in [5.74, 6) is 1.74. The van der Waals surface area contributed by atoms with Gasteiger partial charge in [-0.3, -0.25) is 0 Å². The van der Waals surface area contributed by atoms with E-state index in [-0.39, 0.29) is 0 Å². The highest BCUT2D eigenvalue weighted by molar-refractivity contribution is 5.34. The van der Waals surface area contributed by atoms with E-state index < -0.39 is 0 Å². The normalized spacial score (nSPS) is 23.4. The van der Waals surface area contributed by atoms with E-state index in [4.69, 9.17) is 0 Å². The molecule has 0 radical (unpaired) electrons. The summed E-state index contributed by atoms with van der Waals surface area (Å²) in [7, 11) is 0. The summed E-state index contributed by atoms with van der Waals surface area (Å²) in [5.41, 5.74) is 4.57. The third-order valence-corrected chi connectivity index (χ3v) is 4.57. The molecule has 1 aliphatic rings. The van der Waals surface area contributed by atoms with Crippen LogP contribution in [0.15, 0.2) is 18.2 Å². The summed E-state index contributed by atoms with van der Waals surface area (Å²) in [6, 6.07) is 7.74. The van der Waals surface area contributed by atoms with Crippen molar-refractivity contribution in [1.82, 2.24) is 5.32 Å². The third-order valence-electron chi connectivity index (χ3n) is 4.57. The molecule has 0 bridgehead atoms. The van der Waals surface area contributed by atoms with Gasteiger partial charge in [-0.15, -0.1) is 0 Å². The van der Waals surface area contributed by atoms with Crippen LogP contribution in [0.3, 0.4) is 0 Å². The van der Waals surface area contributed by atoms with Gasteiger partial charge in [-0.2, -0.15) is 0 Å². The van der Waals surface area contributed by atoms with Crippen molar-refractivity contribution in [3.8, 4) is 0 Å². The van der Waals surface area contributed by atoms with Crippen LogP contribution in [0.2, 0.25) is 0 Å². The zero-order valence-electron chi connectivity index (χ0n) is 13.0. The molecule has 0 saturated heterocycles. The summed E-state index contributed by atoms with van der Waals surface area (Å²) in [6.45, 7) is 10.3. The molecule has 0 spiro atoms. The first kappa shape index (κ1) is 14.6. The van der Waals surface area contributed by atoms with Gasteiger partial charge in [-0.05, 0) is 60.8 Å². The molecule has 106 valence electrons. The maximum atomic E-state index is 3.77. The van der Waals surface area contributed by atoms with Crippen LogP contribution in [0.4, 0.5) is 0 Å². The number of rotatable bonds is 7. The van der Waals surface area contributed by atoms with Crippen molar-refractivity contribution in [3.05, 3.63) is 34.9 Å². The lowest BCUT2D eigenvalue weighted by atomic mass is 9.94. The quantitative estimate of drug-likeness (QED) is 0.760. The summed E-state index contributed by atoms with van der Waals surface area (Å²) in [4.78, 5) is 0. The average Bonchev–Trinajstić information content (AvgIpc) is 3.15. The Bertz CT molecular complexity index is 410. The third kappa shape index (κ3) is 3.39. The minimum atomic E-state index is 0.575. The predicted molar refractivity (Wildman–Crippen MR) is 83.5 cm³/mol. The highest BCUT2D eigenvalue weighted by Crippen LogP contribution is 2.47. The molecule has 19 heavy (non-hydrogen) atoms. The first-order valence-electron chi connectivity index (χ1n) is 8.06. The largest absolute Gasteiger partial charge is 0.310 e. The van der Waals surface area contributed by atoms with Crippen LogP contribution in [-0.4, -0.2) is 6.54 Å². The molecular formula is C18H29N. The van der Waals surface area contributed by atoms with Gasteiger partial charge in [0.25, 0.3) is 0 Å². The summed E-state index contributed by atoms with van der Waals surface area (Å²) >= 11 is 0. The van der Waals surface area contributed by atoms with E-state index in [0.717, 1.165) is 31.2 Å². The van der Waals surface area contributed by atoms with Crippen LogP contribution in [-0.2, 0) is 12.8 Å². The van der Waals surface area contributed by atoms with Crippen molar-refractivity contribution in [1.29, 1.82) is 0 Å². The molecule has 0 heterocycles. The number of benzene rings is 1. The highest BCUT2D eigenvalue weighted by atomic mass is 14.9. The Balaban J connectivity index is 2.20. The van der Waals surface area contributed by atoms with E-state index in [9.17, 15) is 0 Å². The Kier molecular flexibility index (Phi) is 5.04. The standard InChI is InChI=1S/C18H29N/c1-5-10-19-18(17-11-13(17)4)16-9-8-14(6-2)15(7-3)12-16/h8-9,12-13,17-19H,5-7,10-11H2,1-4H3. The zero-order valence-corrected chi connectivity index (χ0v) is 13.0. The van der Waals surface area contributed by atoms with Gasteiger partial charge in [0.1, 0.15) is 0 Å². The van der Waals surface area contributed by atoms with Gasteiger partial charge < -0.3 is 5.32 Å². The fraction of sp³-hybridized carbons (Fsp3) is 0.667. The van der Waals surface area contributed by atoms with Crippen molar-refractivity contribution >= 4 is 0 Å². The molecule has 3 unspecified atom stereocenters. The van der Waals surface area contributed by atoms with Crippen LogP contribution in [0.5, 0.6) is 0 Å². The summed E-state index contributed by atoms with van der Waals surface area (Å²) < 4.78 is 0. The van der Waals surface area contributed by atoms with Crippen molar-refractivity contribution in [2.45, 2.75) is 59.4 Å². The smallest absolute Gasteiger partial charge is 0.0351 e. The maximum Gasteiger partial charge on any atom is 0.0351 e. The first-order chi connectivity index (χ1) is 9.21. The van der Waals surface area contributed by atoms with Gasteiger partial charge in [-0.1, -0.05) is 45.9 Å². The molecule has 1 aromatic rings. The summed E-state index contributed by atoms with van der Waals surface area (Å²) in [5, 5.41) is 3.77. The van der Waals surface area contributed by atoms with E-state index >= 15 is 0 Å².